The topological polar surface area (TPSA) is 44.7 Å². The zero-order chi connectivity index (χ0) is 20.1. The van der Waals surface area contributed by atoms with Crippen molar-refractivity contribution in [2.24, 2.45) is 4.99 Å². The van der Waals surface area contributed by atoms with Gasteiger partial charge in [-0.3, -0.25) is 9.79 Å². The zero-order valence-corrected chi connectivity index (χ0v) is 17.3. The summed E-state index contributed by atoms with van der Waals surface area (Å²) in [5.41, 5.74) is 6.07. The number of nitrogens with one attached hydrogen (secondary N) is 1. The van der Waals surface area contributed by atoms with Gasteiger partial charge in [-0.15, -0.1) is 0 Å². The predicted molar refractivity (Wildman–Crippen MR) is 116 cm³/mol. The third-order valence-electron chi connectivity index (χ3n) is 5.74. The van der Waals surface area contributed by atoms with Crippen molar-refractivity contribution in [2.75, 3.05) is 13.1 Å². The molecule has 148 valence electrons. The lowest BCUT2D eigenvalue weighted by atomic mass is 9.97. The molecule has 2 saturated heterocycles. The first-order chi connectivity index (χ1) is 13.5. The molecule has 2 aliphatic rings. The van der Waals surface area contributed by atoms with Gasteiger partial charge in [0.25, 0.3) is 5.91 Å². The average Bonchev–Trinajstić information content (AvgIpc) is 3.29. The van der Waals surface area contributed by atoms with Gasteiger partial charge < -0.3 is 10.2 Å². The van der Waals surface area contributed by atoms with Crippen LogP contribution in [0.3, 0.4) is 0 Å². The summed E-state index contributed by atoms with van der Waals surface area (Å²) in [6.07, 6.45) is 5.17. The molecule has 4 nitrogen and oxygen atoms in total. The number of amides is 1. The van der Waals surface area contributed by atoms with Gasteiger partial charge in [-0.05, 0) is 55.9 Å². The van der Waals surface area contributed by atoms with E-state index in [-0.39, 0.29) is 5.91 Å². The maximum Gasteiger partial charge on any atom is 0.251 e. The molecule has 1 atom stereocenters. The summed E-state index contributed by atoms with van der Waals surface area (Å²) in [6, 6.07) is 10.8. The molecule has 0 saturated carbocycles. The number of carbonyl (C=O) groups is 1. The fourth-order valence-corrected chi connectivity index (χ4v) is 4.03. The molecular formula is C24H31N3O. The van der Waals surface area contributed by atoms with Crippen molar-refractivity contribution >= 4 is 11.6 Å². The van der Waals surface area contributed by atoms with Crippen LogP contribution in [0.15, 0.2) is 70.4 Å². The van der Waals surface area contributed by atoms with E-state index in [1.807, 2.05) is 24.3 Å². The van der Waals surface area contributed by atoms with Crippen LogP contribution >= 0.6 is 0 Å². The number of benzene rings is 1. The number of likely N-dealkylation sites (tertiary alicyclic amines) is 1. The molecule has 0 aromatic heterocycles. The second-order valence-electron chi connectivity index (χ2n) is 7.62. The molecule has 1 unspecified atom stereocenters. The maximum absolute atomic E-state index is 12.5. The highest BCUT2D eigenvalue weighted by molar-refractivity contribution is 6.07. The average molecular weight is 378 g/mol. The van der Waals surface area contributed by atoms with E-state index >= 15 is 0 Å². The lowest BCUT2D eigenvalue weighted by Crippen LogP contribution is -2.25. The molecule has 3 rings (SSSR count). The number of rotatable bonds is 6. The van der Waals surface area contributed by atoms with Gasteiger partial charge >= 0.3 is 0 Å². The minimum atomic E-state index is -0.0131. The van der Waals surface area contributed by atoms with Crippen molar-refractivity contribution in [3.63, 3.8) is 0 Å². The standard InChI is InChI=1S/C24H31N3O/c1-5-23(25-15-20-11-7-6-8-12-20)19(4)22-16-26-24(28)21(22)14-18(3)27-13-9-10-17(27)2/h6-8,11-12,14,17H,3,5,9-10,13,15-16H2,1-2,4H3,(H,26,28)/b21-14+,22-19+,25-23?. The fourth-order valence-electron chi connectivity index (χ4n) is 4.03. The van der Waals surface area contributed by atoms with Crippen LogP contribution in [0.25, 0.3) is 0 Å². The Labute approximate surface area is 168 Å². The first-order valence-corrected chi connectivity index (χ1v) is 10.2. The van der Waals surface area contributed by atoms with Gasteiger partial charge in [0.2, 0.25) is 0 Å². The third-order valence-corrected chi connectivity index (χ3v) is 5.74. The number of aliphatic imine (C=N–C) groups is 1. The number of hydrogen-bond acceptors (Lipinski definition) is 3. The van der Waals surface area contributed by atoms with E-state index in [4.69, 9.17) is 4.99 Å². The molecule has 0 aliphatic carbocycles. The summed E-state index contributed by atoms with van der Waals surface area (Å²) in [7, 11) is 0. The minimum Gasteiger partial charge on any atom is -0.369 e. The van der Waals surface area contributed by atoms with Crippen molar-refractivity contribution in [2.45, 2.75) is 52.6 Å². The largest absolute Gasteiger partial charge is 0.369 e. The molecule has 0 radical (unpaired) electrons. The summed E-state index contributed by atoms with van der Waals surface area (Å²) in [5, 5.41) is 2.98. The van der Waals surface area contributed by atoms with E-state index < -0.39 is 0 Å². The van der Waals surface area contributed by atoms with Crippen LogP contribution in [0.2, 0.25) is 0 Å². The van der Waals surface area contributed by atoms with E-state index in [1.54, 1.807) is 0 Å². The molecule has 2 fully saturated rings. The Morgan fingerprint density at radius 3 is 2.75 bits per heavy atom. The van der Waals surface area contributed by atoms with Gasteiger partial charge in [-0.25, -0.2) is 0 Å². The summed E-state index contributed by atoms with van der Waals surface area (Å²) >= 11 is 0. The van der Waals surface area contributed by atoms with Crippen molar-refractivity contribution < 1.29 is 4.79 Å². The number of allylic oxidation sites excluding steroid dienone is 2. The Morgan fingerprint density at radius 1 is 1.36 bits per heavy atom. The van der Waals surface area contributed by atoms with Crippen LogP contribution < -0.4 is 5.32 Å². The molecule has 1 N–H and O–H groups in total. The molecule has 28 heavy (non-hydrogen) atoms. The number of nitrogens with zero attached hydrogens (tertiary/aromatic N) is 2. The van der Waals surface area contributed by atoms with Crippen molar-refractivity contribution in [3.05, 3.63) is 71.0 Å². The minimum absolute atomic E-state index is 0.0131. The monoisotopic (exact) mass is 377 g/mol. The molecule has 1 aromatic carbocycles. The highest BCUT2D eigenvalue weighted by atomic mass is 16.2. The van der Waals surface area contributed by atoms with Crippen molar-refractivity contribution in [1.82, 2.24) is 10.2 Å². The van der Waals surface area contributed by atoms with Gasteiger partial charge in [0, 0.05) is 36.1 Å². The van der Waals surface area contributed by atoms with E-state index in [0.717, 1.165) is 41.1 Å². The summed E-state index contributed by atoms with van der Waals surface area (Å²) < 4.78 is 0. The van der Waals surface area contributed by atoms with Gasteiger partial charge in [0.15, 0.2) is 0 Å². The van der Waals surface area contributed by atoms with Crippen LogP contribution in [-0.2, 0) is 11.3 Å². The van der Waals surface area contributed by atoms with Crippen LogP contribution in [0.1, 0.15) is 45.6 Å². The molecule has 1 amide bonds. The van der Waals surface area contributed by atoms with Crippen molar-refractivity contribution in [1.29, 1.82) is 0 Å². The Morgan fingerprint density at radius 2 is 2.11 bits per heavy atom. The normalized spacial score (nSPS) is 23.3. The Balaban J connectivity index is 1.87. The second kappa shape index (κ2) is 9.05. The zero-order valence-electron chi connectivity index (χ0n) is 17.3. The Hall–Kier alpha value is -2.62. The molecule has 0 bridgehead atoms. The Bertz CT molecular complexity index is 833. The SMILES string of the molecule is C=C(/C=C1/C(=O)NC/C1=C(/C)C(CC)=NCc1ccccc1)N1CCCC1C. The summed E-state index contributed by atoms with van der Waals surface area (Å²) in [6.45, 7) is 12.9. The van der Waals surface area contributed by atoms with E-state index in [1.165, 1.54) is 18.4 Å². The smallest absolute Gasteiger partial charge is 0.251 e. The molecule has 4 heteroatoms. The van der Waals surface area contributed by atoms with Crippen LogP contribution in [0, 0.1) is 0 Å². The van der Waals surface area contributed by atoms with Crippen molar-refractivity contribution in [3.8, 4) is 0 Å². The summed E-state index contributed by atoms with van der Waals surface area (Å²) in [4.78, 5) is 19.6. The van der Waals surface area contributed by atoms with E-state index in [9.17, 15) is 4.79 Å². The second-order valence-corrected chi connectivity index (χ2v) is 7.62. The number of hydrogen-bond donors (Lipinski definition) is 1. The highest BCUT2D eigenvalue weighted by Gasteiger charge is 2.27. The lowest BCUT2D eigenvalue weighted by Gasteiger charge is -2.24. The number of carbonyl (C=O) groups excluding carboxylic acids is 1. The van der Waals surface area contributed by atoms with E-state index in [0.29, 0.717) is 19.1 Å². The van der Waals surface area contributed by atoms with E-state index in [2.05, 4.69) is 49.7 Å². The highest BCUT2D eigenvalue weighted by Crippen LogP contribution is 2.27. The predicted octanol–water partition coefficient (Wildman–Crippen LogP) is 4.41. The lowest BCUT2D eigenvalue weighted by molar-refractivity contribution is -0.116. The van der Waals surface area contributed by atoms with Gasteiger partial charge in [0.05, 0.1) is 6.54 Å². The van der Waals surface area contributed by atoms with Gasteiger partial charge in [-0.1, -0.05) is 43.8 Å². The summed E-state index contributed by atoms with van der Waals surface area (Å²) in [5.74, 6) is -0.0131. The third kappa shape index (κ3) is 4.44. The molecular weight excluding hydrogens is 346 g/mol. The van der Waals surface area contributed by atoms with Crippen LogP contribution in [0.4, 0.5) is 0 Å². The first-order valence-electron chi connectivity index (χ1n) is 10.2. The quantitative estimate of drug-likeness (QED) is 0.590. The van der Waals surface area contributed by atoms with Gasteiger partial charge in [-0.2, -0.15) is 0 Å². The van der Waals surface area contributed by atoms with Gasteiger partial charge in [0.1, 0.15) is 0 Å². The molecule has 2 aliphatic heterocycles. The molecule has 0 spiro atoms. The molecule has 1 aromatic rings. The van der Waals surface area contributed by atoms with Crippen LogP contribution in [0.5, 0.6) is 0 Å². The maximum atomic E-state index is 12.5. The molecule has 2 heterocycles. The first kappa shape index (κ1) is 20.1. The Kier molecular flexibility index (Phi) is 6.50. The van der Waals surface area contributed by atoms with Crippen LogP contribution in [-0.4, -0.2) is 35.7 Å². The fraction of sp³-hybridized carbons (Fsp3) is 0.417.